The summed E-state index contributed by atoms with van der Waals surface area (Å²) in [5.41, 5.74) is -2.05. The summed E-state index contributed by atoms with van der Waals surface area (Å²) in [6.07, 6.45) is -3.58. The Morgan fingerprint density at radius 1 is 1.33 bits per heavy atom. The Morgan fingerprint density at radius 2 is 2.04 bits per heavy atom. The molecule has 1 atom stereocenters. The van der Waals surface area contributed by atoms with Crippen LogP contribution in [0.4, 0.5) is 23.2 Å². The molecule has 1 aliphatic heterocycles. The van der Waals surface area contributed by atoms with Crippen LogP contribution in [0.1, 0.15) is 18.4 Å². The lowest BCUT2D eigenvalue weighted by molar-refractivity contribution is -0.144. The molecule has 1 aliphatic rings. The van der Waals surface area contributed by atoms with Crippen LogP contribution in [0.15, 0.2) is 18.2 Å². The van der Waals surface area contributed by atoms with Gasteiger partial charge in [-0.25, -0.2) is 4.39 Å². The molecule has 0 bridgehead atoms. The fourth-order valence-electron chi connectivity index (χ4n) is 2.58. The van der Waals surface area contributed by atoms with Gasteiger partial charge in [0.15, 0.2) is 0 Å². The summed E-state index contributed by atoms with van der Waals surface area (Å²) in [6.45, 7) is 0.318. The van der Waals surface area contributed by atoms with E-state index in [1.807, 2.05) is 5.32 Å². The van der Waals surface area contributed by atoms with Gasteiger partial charge in [0, 0.05) is 19.7 Å². The van der Waals surface area contributed by atoms with Gasteiger partial charge in [-0.1, -0.05) is 0 Å². The summed E-state index contributed by atoms with van der Waals surface area (Å²) in [5, 5.41) is 11.0. The number of likely N-dealkylation sites (tertiary alicyclic amines) is 1. The van der Waals surface area contributed by atoms with Gasteiger partial charge in [0.05, 0.1) is 11.3 Å². The molecule has 2 amide bonds. The van der Waals surface area contributed by atoms with E-state index in [1.165, 1.54) is 4.90 Å². The first kappa shape index (κ1) is 18.2. The molecule has 0 saturated carbocycles. The molecule has 9 heteroatoms. The first-order valence-electron chi connectivity index (χ1n) is 7.30. The van der Waals surface area contributed by atoms with Crippen LogP contribution < -0.4 is 5.32 Å². The molecule has 2 N–H and O–H groups in total. The zero-order chi connectivity index (χ0) is 17.9. The molecule has 132 valence electrons. The number of hydrogen-bond acceptors (Lipinski definition) is 3. The minimum Gasteiger partial charge on any atom is -0.396 e. The number of carbonyl (C=O) groups is 2. The Kier molecular flexibility index (Phi) is 5.43. The number of nitrogens with zero attached hydrogens (tertiary/aromatic N) is 1. The van der Waals surface area contributed by atoms with Crippen molar-refractivity contribution in [3.63, 3.8) is 0 Å². The maximum atomic E-state index is 13.0. The van der Waals surface area contributed by atoms with Crippen LogP contribution in [0.2, 0.25) is 0 Å². The number of alkyl halides is 3. The lowest BCUT2D eigenvalue weighted by Crippen LogP contribution is -2.46. The number of piperidine rings is 1. The third-order valence-electron chi connectivity index (χ3n) is 3.79. The lowest BCUT2D eigenvalue weighted by Gasteiger charge is -2.31. The molecule has 24 heavy (non-hydrogen) atoms. The fourth-order valence-corrected chi connectivity index (χ4v) is 2.58. The highest BCUT2D eigenvalue weighted by Crippen LogP contribution is 2.35. The molecule has 1 aromatic carbocycles. The number of aliphatic hydroxyl groups is 1. The van der Waals surface area contributed by atoms with Crippen molar-refractivity contribution >= 4 is 17.5 Å². The summed E-state index contributed by atoms with van der Waals surface area (Å²) in [6, 6.07) is 1.77. The average molecular weight is 348 g/mol. The van der Waals surface area contributed by atoms with Crippen molar-refractivity contribution in [1.29, 1.82) is 0 Å². The van der Waals surface area contributed by atoms with Gasteiger partial charge in [-0.3, -0.25) is 9.59 Å². The van der Waals surface area contributed by atoms with Crippen LogP contribution in [0, 0.1) is 11.7 Å². The SMILES string of the molecule is O=C(Nc1ccc(F)cc1C(F)(F)F)C(=O)N1CCCC(CO)C1. The Balaban J connectivity index is 2.13. The highest BCUT2D eigenvalue weighted by Gasteiger charge is 2.35. The number of hydrogen-bond donors (Lipinski definition) is 2. The van der Waals surface area contributed by atoms with E-state index in [9.17, 15) is 27.2 Å². The van der Waals surface area contributed by atoms with Crippen LogP contribution in [0.25, 0.3) is 0 Å². The van der Waals surface area contributed by atoms with Gasteiger partial charge in [-0.05, 0) is 37.0 Å². The summed E-state index contributed by atoms with van der Waals surface area (Å²) in [5.74, 6) is -3.48. The minimum absolute atomic E-state index is 0.137. The Morgan fingerprint density at radius 3 is 2.67 bits per heavy atom. The van der Waals surface area contributed by atoms with E-state index in [2.05, 4.69) is 0 Å². The second kappa shape index (κ2) is 7.16. The van der Waals surface area contributed by atoms with E-state index in [0.29, 0.717) is 12.8 Å². The maximum Gasteiger partial charge on any atom is 0.418 e. The number of benzene rings is 1. The fraction of sp³-hybridized carbons (Fsp3) is 0.467. The molecule has 1 saturated heterocycles. The second-order valence-corrected chi connectivity index (χ2v) is 5.58. The average Bonchev–Trinajstić information content (AvgIpc) is 2.54. The molecule has 5 nitrogen and oxygen atoms in total. The Bertz CT molecular complexity index is 634. The van der Waals surface area contributed by atoms with Crippen LogP contribution in [-0.2, 0) is 15.8 Å². The highest BCUT2D eigenvalue weighted by molar-refractivity contribution is 6.39. The number of halogens is 4. The summed E-state index contributed by atoms with van der Waals surface area (Å²) in [7, 11) is 0. The Hall–Kier alpha value is -2.16. The van der Waals surface area contributed by atoms with Gasteiger partial charge in [0.25, 0.3) is 0 Å². The number of rotatable bonds is 2. The van der Waals surface area contributed by atoms with Crippen molar-refractivity contribution in [1.82, 2.24) is 4.90 Å². The van der Waals surface area contributed by atoms with E-state index in [1.54, 1.807) is 0 Å². The van der Waals surface area contributed by atoms with Crippen molar-refractivity contribution < 1.29 is 32.3 Å². The molecule has 1 aromatic rings. The molecule has 1 unspecified atom stereocenters. The molecule has 1 fully saturated rings. The third-order valence-corrected chi connectivity index (χ3v) is 3.79. The summed E-state index contributed by atoms with van der Waals surface area (Å²) >= 11 is 0. The van der Waals surface area contributed by atoms with Crippen molar-refractivity contribution in [3.8, 4) is 0 Å². The lowest BCUT2D eigenvalue weighted by atomic mass is 9.99. The smallest absolute Gasteiger partial charge is 0.396 e. The van der Waals surface area contributed by atoms with Gasteiger partial charge in [-0.15, -0.1) is 0 Å². The molecule has 0 radical (unpaired) electrons. The predicted octanol–water partition coefficient (Wildman–Crippen LogP) is 2.01. The second-order valence-electron chi connectivity index (χ2n) is 5.58. The van der Waals surface area contributed by atoms with Gasteiger partial charge < -0.3 is 15.3 Å². The number of anilines is 1. The van der Waals surface area contributed by atoms with Crippen LogP contribution in [0.3, 0.4) is 0 Å². The normalized spacial score (nSPS) is 18.4. The summed E-state index contributed by atoms with van der Waals surface area (Å²) in [4.78, 5) is 25.2. The van der Waals surface area contributed by atoms with Crippen molar-refractivity contribution in [2.24, 2.45) is 5.92 Å². The molecule has 2 rings (SSSR count). The van der Waals surface area contributed by atoms with Crippen molar-refractivity contribution in [2.75, 3.05) is 25.0 Å². The van der Waals surface area contributed by atoms with Crippen molar-refractivity contribution in [3.05, 3.63) is 29.6 Å². The van der Waals surface area contributed by atoms with Crippen LogP contribution in [0.5, 0.6) is 0 Å². The highest BCUT2D eigenvalue weighted by atomic mass is 19.4. The van der Waals surface area contributed by atoms with Crippen LogP contribution in [-0.4, -0.2) is 41.5 Å². The zero-order valence-electron chi connectivity index (χ0n) is 12.6. The van der Waals surface area contributed by atoms with Gasteiger partial charge in [0.2, 0.25) is 0 Å². The zero-order valence-corrected chi connectivity index (χ0v) is 12.6. The van der Waals surface area contributed by atoms with Crippen molar-refractivity contribution in [2.45, 2.75) is 19.0 Å². The molecule has 0 spiro atoms. The van der Waals surface area contributed by atoms with Gasteiger partial charge in [-0.2, -0.15) is 13.2 Å². The Labute approximate surface area is 135 Å². The number of carbonyl (C=O) groups excluding carboxylic acids is 2. The van der Waals surface area contributed by atoms with E-state index >= 15 is 0 Å². The first-order valence-corrected chi connectivity index (χ1v) is 7.30. The van der Waals surface area contributed by atoms with E-state index in [4.69, 9.17) is 5.11 Å². The van der Waals surface area contributed by atoms with Gasteiger partial charge >= 0.3 is 18.0 Å². The van der Waals surface area contributed by atoms with Gasteiger partial charge in [0.1, 0.15) is 5.82 Å². The standard InChI is InChI=1S/C15H16F4N2O3/c16-10-3-4-12(11(6-10)15(17,18)19)20-13(23)14(24)21-5-1-2-9(7-21)8-22/h3-4,6,9,22H,1-2,5,7-8H2,(H,20,23). The maximum absolute atomic E-state index is 13.0. The number of aliphatic hydroxyl groups excluding tert-OH is 1. The summed E-state index contributed by atoms with van der Waals surface area (Å²) < 4.78 is 51.7. The molecule has 1 heterocycles. The minimum atomic E-state index is -4.87. The molecule has 0 aromatic heterocycles. The van der Waals surface area contributed by atoms with E-state index < -0.39 is 35.1 Å². The van der Waals surface area contributed by atoms with Crippen LogP contribution >= 0.6 is 0 Å². The third kappa shape index (κ3) is 4.22. The number of nitrogens with one attached hydrogen (secondary N) is 1. The molecular formula is C15H16F4N2O3. The van der Waals surface area contributed by atoms with E-state index in [-0.39, 0.29) is 31.7 Å². The monoisotopic (exact) mass is 348 g/mol. The quantitative estimate of drug-likeness (QED) is 0.635. The molecule has 0 aliphatic carbocycles. The largest absolute Gasteiger partial charge is 0.418 e. The number of amides is 2. The topological polar surface area (TPSA) is 69.6 Å². The van der Waals surface area contributed by atoms with E-state index in [0.717, 1.165) is 12.1 Å². The first-order chi connectivity index (χ1) is 11.2. The molecular weight excluding hydrogens is 332 g/mol. The predicted molar refractivity (Wildman–Crippen MR) is 76.4 cm³/mol.